The summed E-state index contributed by atoms with van der Waals surface area (Å²) < 4.78 is 5.35. The van der Waals surface area contributed by atoms with Crippen LogP contribution in [-0.4, -0.2) is 50.3 Å². The van der Waals surface area contributed by atoms with E-state index < -0.39 is 0 Å². The average Bonchev–Trinajstić information content (AvgIpc) is 2.59. The number of hydrogen-bond donors (Lipinski definition) is 1. The van der Waals surface area contributed by atoms with Crippen LogP contribution in [0.5, 0.6) is 0 Å². The van der Waals surface area contributed by atoms with Gasteiger partial charge in [-0.1, -0.05) is 25.7 Å². The van der Waals surface area contributed by atoms with Gasteiger partial charge in [-0.25, -0.2) is 0 Å². The Morgan fingerprint density at radius 2 is 1.65 bits per heavy atom. The smallest absolute Gasteiger partial charge is 0.0594 e. The first-order valence-corrected chi connectivity index (χ1v) is 6.98. The number of morpholine rings is 1. The van der Waals surface area contributed by atoms with Crippen molar-refractivity contribution in [2.45, 2.75) is 44.6 Å². The molecule has 0 spiro atoms. The molecule has 3 nitrogen and oxygen atoms in total. The van der Waals surface area contributed by atoms with Crippen LogP contribution in [0.25, 0.3) is 0 Å². The predicted octanol–water partition coefficient (Wildman–Crippen LogP) is 2.05. The van der Waals surface area contributed by atoms with Crippen molar-refractivity contribution in [1.82, 2.24) is 10.2 Å². The summed E-state index contributed by atoms with van der Waals surface area (Å²) in [5, 5.41) is 3.73. The van der Waals surface area contributed by atoms with Crippen LogP contribution in [0.3, 0.4) is 0 Å². The maximum absolute atomic E-state index is 5.35. The molecule has 0 aromatic heterocycles. The van der Waals surface area contributed by atoms with Crippen LogP contribution in [0.15, 0.2) is 0 Å². The highest BCUT2D eigenvalue weighted by Gasteiger charge is 2.13. The predicted molar refractivity (Wildman–Crippen MR) is 74.0 cm³/mol. The van der Waals surface area contributed by atoms with E-state index in [9.17, 15) is 0 Å². The zero-order valence-electron chi connectivity index (χ0n) is 10.8. The van der Waals surface area contributed by atoms with Crippen LogP contribution in [0, 0.1) is 0 Å². The van der Waals surface area contributed by atoms with Gasteiger partial charge in [-0.3, -0.25) is 4.90 Å². The molecule has 17 heavy (non-hydrogen) atoms. The minimum atomic E-state index is 0. The number of halogens is 1. The van der Waals surface area contributed by atoms with E-state index in [2.05, 4.69) is 10.2 Å². The first kappa shape index (κ1) is 15.2. The normalized spacial score (nSPS) is 24.0. The van der Waals surface area contributed by atoms with Gasteiger partial charge >= 0.3 is 0 Å². The molecule has 0 atom stereocenters. The van der Waals surface area contributed by atoms with Gasteiger partial charge in [-0.2, -0.15) is 0 Å². The molecular formula is C13H27ClN2O. The van der Waals surface area contributed by atoms with Crippen LogP contribution in [0.1, 0.15) is 38.5 Å². The van der Waals surface area contributed by atoms with E-state index in [-0.39, 0.29) is 12.4 Å². The lowest BCUT2D eigenvalue weighted by molar-refractivity contribution is 0.0381. The van der Waals surface area contributed by atoms with Gasteiger partial charge < -0.3 is 10.1 Å². The van der Waals surface area contributed by atoms with Crippen molar-refractivity contribution in [2.24, 2.45) is 0 Å². The fourth-order valence-corrected chi connectivity index (χ4v) is 2.74. The summed E-state index contributed by atoms with van der Waals surface area (Å²) >= 11 is 0. The third-order valence-electron chi connectivity index (χ3n) is 3.82. The summed E-state index contributed by atoms with van der Waals surface area (Å²) in [5.41, 5.74) is 0. The lowest BCUT2D eigenvalue weighted by Gasteiger charge is -2.27. The minimum absolute atomic E-state index is 0. The van der Waals surface area contributed by atoms with Crippen LogP contribution in [0.4, 0.5) is 0 Å². The molecule has 2 aliphatic rings. The van der Waals surface area contributed by atoms with Crippen molar-refractivity contribution in [3.8, 4) is 0 Å². The topological polar surface area (TPSA) is 24.5 Å². The van der Waals surface area contributed by atoms with Crippen molar-refractivity contribution in [3.05, 3.63) is 0 Å². The van der Waals surface area contributed by atoms with Crippen LogP contribution in [0.2, 0.25) is 0 Å². The third-order valence-corrected chi connectivity index (χ3v) is 3.82. The van der Waals surface area contributed by atoms with E-state index >= 15 is 0 Å². The number of ether oxygens (including phenoxy) is 1. The molecule has 0 amide bonds. The zero-order valence-corrected chi connectivity index (χ0v) is 11.6. The molecule has 0 radical (unpaired) electrons. The van der Waals surface area contributed by atoms with Gasteiger partial charge in [0.05, 0.1) is 13.2 Å². The molecule has 1 N–H and O–H groups in total. The summed E-state index contributed by atoms with van der Waals surface area (Å²) in [4.78, 5) is 2.51. The molecular weight excluding hydrogens is 236 g/mol. The van der Waals surface area contributed by atoms with Crippen molar-refractivity contribution in [3.63, 3.8) is 0 Å². The second kappa shape index (κ2) is 9.15. The Hall–Kier alpha value is 0.170. The van der Waals surface area contributed by atoms with Gasteiger partial charge in [-0.05, 0) is 12.8 Å². The van der Waals surface area contributed by atoms with Crippen LogP contribution >= 0.6 is 12.4 Å². The van der Waals surface area contributed by atoms with Gasteiger partial charge in [0, 0.05) is 32.2 Å². The molecule has 2 fully saturated rings. The minimum Gasteiger partial charge on any atom is -0.379 e. The summed E-state index contributed by atoms with van der Waals surface area (Å²) in [6, 6.07) is 0.795. The third kappa shape index (κ3) is 6.05. The number of nitrogens with one attached hydrogen (secondary N) is 1. The van der Waals surface area contributed by atoms with E-state index in [4.69, 9.17) is 4.74 Å². The van der Waals surface area contributed by atoms with Gasteiger partial charge in [-0.15, -0.1) is 12.4 Å². The van der Waals surface area contributed by atoms with Gasteiger partial charge in [0.15, 0.2) is 0 Å². The molecule has 1 heterocycles. The molecule has 0 aromatic carbocycles. The fourth-order valence-electron chi connectivity index (χ4n) is 2.74. The molecule has 4 heteroatoms. The Morgan fingerprint density at radius 1 is 1.00 bits per heavy atom. The first-order valence-electron chi connectivity index (χ1n) is 6.98. The second-order valence-electron chi connectivity index (χ2n) is 5.10. The molecule has 1 aliphatic carbocycles. The van der Waals surface area contributed by atoms with Crippen LogP contribution in [-0.2, 0) is 4.74 Å². The van der Waals surface area contributed by atoms with Crippen molar-refractivity contribution >= 4 is 12.4 Å². The highest BCUT2D eigenvalue weighted by molar-refractivity contribution is 5.85. The number of nitrogens with zero attached hydrogens (tertiary/aromatic N) is 1. The number of rotatable bonds is 4. The highest BCUT2D eigenvalue weighted by atomic mass is 35.5. The maximum atomic E-state index is 5.35. The van der Waals surface area contributed by atoms with Gasteiger partial charge in [0.1, 0.15) is 0 Å². The van der Waals surface area contributed by atoms with E-state index in [1.54, 1.807) is 0 Å². The largest absolute Gasteiger partial charge is 0.379 e. The molecule has 0 unspecified atom stereocenters. The summed E-state index contributed by atoms with van der Waals surface area (Å²) in [5.74, 6) is 0. The second-order valence-corrected chi connectivity index (χ2v) is 5.10. The number of hydrogen-bond acceptors (Lipinski definition) is 3. The van der Waals surface area contributed by atoms with Gasteiger partial charge in [0.25, 0.3) is 0 Å². The maximum Gasteiger partial charge on any atom is 0.0594 e. The Balaban J connectivity index is 0.00000144. The quantitative estimate of drug-likeness (QED) is 0.785. The molecule has 0 bridgehead atoms. The molecule has 1 aliphatic heterocycles. The standard InChI is InChI=1S/C13H26N2O.ClH/c1-2-4-6-13(5-3-1)14-7-8-15-9-11-16-12-10-15;/h13-14H,1-12H2;1H. The van der Waals surface area contributed by atoms with E-state index in [0.29, 0.717) is 0 Å². The zero-order chi connectivity index (χ0) is 11.1. The summed E-state index contributed by atoms with van der Waals surface area (Å²) in [6.07, 6.45) is 8.53. The lowest BCUT2D eigenvalue weighted by Crippen LogP contribution is -2.42. The molecule has 0 aromatic rings. The monoisotopic (exact) mass is 262 g/mol. The van der Waals surface area contributed by atoms with E-state index in [0.717, 1.165) is 38.9 Å². The SMILES string of the molecule is C1CCCC(NCCN2CCOCC2)CC1.Cl. The average molecular weight is 263 g/mol. The lowest BCUT2D eigenvalue weighted by atomic mass is 10.1. The molecule has 2 rings (SSSR count). The van der Waals surface area contributed by atoms with Crippen molar-refractivity contribution in [2.75, 3.05) is 39.4 Å². The Labute approximate surface area is 112 Å². The fraction of sp³-hybridized carbons (Fsp3) is 1.00. The van der Waals surface area contributed by atoms with E-state index in [1.807, 2.05) is 0 Å². The Bertz CT molecular complexity index is 178. The van der Waals surface area contributed by atoms with E-state index in [1.165, 1.54) is 45.1 Å². The van der Waals surface area contributed by atoms with Crippen molar-refractivity contribution < 1.29 is 4.74 Å². The first-order chi connectivity index (χ1) is 7.95. The van der Waals surface area contributed by atoms with Crippen molar-refractivity contribution in [1.29, 1.82) is 0 Å². The Morgan fingerprint density at radius 3 is 2.29 bits per heavy atom. The molecule has 1 saturated carbocycles. The summed E-state index contributed by atoms with van der Waals surface area (Å²) in [7, 11) is 0. The highest BCUT2D eigenvalue weighted by Crippen LogP contribution is 2.16. The Kier molecular flexibility index (Phi) is 8.19. The molecule has 102 valence electrons. The molecule has 1 saturated heterocycles. The van der Waals surface area contributed by atoms with Crippen LogP contribution < -0.4 is 5.32 Å². The van der Waals surface area contributed by atoms with Gasteiger partial charge in [0.2, 0.25) is 0 Å². The summed E-state index contributed by atoms with van der Waals surface area (Å²) in [6.45, 7) is 6.43.